The number of benzene rings is 1. The van der Waals surface area contributed by atoms with Gasteiger partial charge in [0.25, 0.3) is 0 Å². The molecule has 2 rings (SSSR count). The first-order valence-electron chi connectivity index (χ1n) is 3.48. The Morgan fingerprint density at radius 3 is 3.00 bits per heavy atom. The monoisotopic (exact) mass is 276 g/mol. The average Bonchev–Trinajstić information content (AvgIpc) is 2.30. The van der Waals surface area contributed by atoms with Crippen LogP contribution in [0, 0.1) is 16.3 Å². The Balaban J connectivity index is 2.83. The molecule has 0 saturated carbocycles. The van der Waals surface area contributed by atoms with Crippen LogP contribution >= 0.6 is 22.6 Å². The fourth-order valence-corrected chi connectivity index (χ4v) is 1.58. The van der Waals surface area contributed by atoms with Crippen molar-refractivity contribution >= 4 is 33.6 Å². The Labute approximate surface area is 82.3 Å². The molecular weight excluding hydrogens is 270 g/mol. The first-order valence-corrected chi connectivity index (χ1v) is 4.56. The zero-order valence-corrected chi connectivity index (χ0v) is 8.52. The predicted molar refractivity (Wildman–Crippen MR) is 53.5 cm³/mol. The molecule has 0 bridgehead atoms. The minimum Gasteiger partial charge on any atom is -0.342 e. The molecule has 0 spiro atoms. The molecule has 1 heterocycles. The van der Waals surface area contributed by atoms with Crippen molar-refractivity contribution < 1.29 is 4.39 Å². The van der Waals surface area contributed by atoms with Crippen molar-refractivity contribution in [2.24, 2.45) is 0 Å². The van der Waals surface area contributed by atoms with Crippen LogP contribution in [-0.4, -0.2) is 9.97 Å². The maximum Gasteiger partial charge on any atom is 0.138 e. The molecular formula is C8H6FIN2. The number of fused-ring (bicyclic) bond motifs is 1. The van der Waals surface area contributed by atoms with Gasteiger partial charge in [-0.1, -0.05) is 0 Å². The lowest BCUT2D eigenvalue weighted by atomic mass is 10.3. The minimum atomic E-state index is -0.202. The van der Waals surface area contributed by atoms with Crippen molar-refractivity contribution in [3.63, 3.8) is 0 Å². The first-order chi connectivity index (χ1) is 5.66. The van der Waals surface area contributed by atoms with Crippen LogP contribution < -0.4 is 0 Å². The number of imidazole rings is 1. The number of nitrogens with one attached hydrogen (secondary N) is 1. The van der Waals surface area contributed by atoms with Crippen molar-refractivity contribution in [2.75, 3.05) is 0 Å². The summed E-state index contributed by atoms with van der Waals surface area (Å²) in [5.74, 6) is 0.609. The Hall–Kier alpha value is -0.650. The summed E-state index contributed by atoms with van der Waals surface area (Å²) >= 11 is 1.95. The summed E-state index contributed by atoms with van der Waals surface area (Å²) in [5, 5.41) is 0. The summed E-state index contributed by atoms with van der Waals surface area (Å²) in [6.07, 6.45) is 0. The van der Waals surface area contributed by atoms with Crippen LogP contribution in [0.2, 0.25) is 0 Å². The molecule has 1 aromatic heterocycles. The molecule has 62 valence electrons. The molecule has 12 heavy (non-hydrogen) atoms. The van der Waals surface area contributed by atoms with Gasteiger partial charge in [-0.15, -0.1) is 0 Å². The van der Waals surface area contributed by atoms with Crippen LogP contribution in [0.5, 0.6) is 0 Å². The number of aromatic amines is 1. The van der Waals surface area contributed by atoms with Crippen LogP contribution in [0.1, 0.15) is 5.82 Å². The Kier molecular flexibility index (Phi) is 1.79. The second-order valence-corrected chi connectivity index (χ2v) is 3.77. The summed E-state index contributed by atoms with van der Waals surface area (Å²) in [7, 11) is 0. The van der Waals surface area contributed by atoms with E-state index in [0.29, 0.717) is 3.57 Å². The van der Waals surface area contributed by atoms with Gasteiger partial charge in [-0.2, -0.15) is 0 Å². The molecule has 0 saturated heterocycles. The number of halogens is 2. The number of aromatic nitrogens is 2. The van der Waals surface area contributed by atoms with E-state index < -0.39 is 0 Å². The standard InChI is InChI=1S/C8H6FIN2/c1-4-11-7-2-5(9)6(10)3-8(7)12-4/h2-3H,1H3,(H,11,12). The molecule has 0 amide bonds. The van der Waals surface area contributed by atoms with E-state index >= 15 is 0 Å². The van der Waals surface area contributed by atoms with Gasteiger partial charge in [-0.05, 0) is 35.6 Å². The highest BCUT2D eigenvalue weighted by Crippen LogP contribution is 2.18. The van der Waals surface area contributed by atoms with Crippen molar-refractivity contribution in [1.29, 1.82) is 0 Å². The second kappa shape index (κ2) is 2.69. The van der Waals surface area contributed by atoms with Gasteiger partial charge in [-0.25, -0.2) is 9.37 Å². The van der Waals surface area contributed by atoms with E-state index in [4.69, 9.17) is 0 Å². The van der Waals surface area contributed by atoms with Crippen molar-refractivity contribution in [2.45, 2.75) is 6.92 Å². The number of aryl methyl sites for hydroxylation is 1. The molecule has 0 aliphatic heterocycles. The van der Waals surface area contributed by atoms with E-state index in [1.807, 2.05) is 29.5 Å². The van der Waals surface area contributed by atoms with E-state index in [1.165, 1.54) is 6.07 Å². The SMILES string of the molecule is Cc1nc2cc(I)c(F)cc2[nH]1. The molecule has 2 nitrogen and oxygen atoms in total. The average molecular weight is 276 g/mol. The molecule has 1 N–H and O–H groups in total. The third-order valence-electron chi connectivity index (χ3n) is 1.64. The number of H-pyrrole nitrogens is 1. The van der Waals surface area contributed by atoms with Gasteiger partial charge in [0.15, 0.2) is 0 Å². The molecule has 2 aromatic rings. The lowest BCUT2D eigenvalue weighted by molar-refractivity contribution is 0.622. The van der Waals surface area contributed by atoms with Crippen LogP contribution in [0.3, 0.4) is 0 Å². The Bertz CT molecular complexity index is 397. The van der Waals surface area contributed by atoms with Gasteiger partial charge in [0.05, 0.1) is 14.6 Å². The number of nitrogens with zero attached hydrogens (tertiary/aromatic N) is 1. The molecule has 0 aliphatic carbocycles. The highest BCUT2D eigenvalue weighted by Gasteiger charge is 2.04. The predicted octanol–water partition coefficient (Wildman–Crippen LogP) is 2.62. The third kappa shape index (κ3) is 1.20. The zero-order valence-electron chi connectivity index (χ0n) is 6.36. The van der Waals surface area contributed by atoms with Crippen molar-refractivity contribution in [1.82, 2.24) is 9.97 Å². The molecule has 0 fully saturated rings. The minimum absolute atomic E-state index is 0.202. The lowest BCUT2D eigenvalue weighted by Gasteiger charge is -1.92. The molecule has 0 aliphatic rings. The highest BCUT2D eigenvalue weighted by atomic mass is 127. The fourth-order valence-electron chi connectivity index (χ4n) is 1.13. The summed E-state index contributed by atoms with van der Waals surface area (Å²) in [6.45, 7) is 1.85. The smallest absolute Gasteiger partial charge is 0.138 e. The first kappa shape index (κ1) is 7.97. The van der Waals surface area contributed by atoms with Crippen molar-refractivity contribution in [3.05, 3.63) is 27.3 Å². The maximum atomic E-state index is 13.0. The van der Waals surface area contributed by atoms with Crippen molar-refractivity contribution in [3.8, 4) is 0 Å². The number of hydrogen-bond donors (Lipinski definition) is 1. The van der Waals surface area contributed by atoms with E-state index in [9.17, 15) is 4.39 Å². The van der Waals surface area contributed by atoms with E-state index in [0.717, 1.165) is 16.9 Å². The fraction of sp³-hybridized carbons (Fsp3) is 0.125. The second-order valence-electron chi connectivity index (χ2n) is 2.61. The summed E-state index contributed by atoms with van der Waals surface area (Å²) in [5.41, 5.74) is 1.57. The van der Waals surface area contributed by atoms with Crippen LogP contribution in [0.4, 0.5) is 4.39 Å². The Morgan fingerprint density at radius 1 is 1.50 bits per heavy atom. The normalized spacial score (nSPS) is 10.9. The van der Waals surface area contributed by atoms with Crippen LogP contribution in [0.15, 0.2) is 12.1 Å². The summed E-state index contributed by atoms with van der Waals surface area (Å²) in [6, 6.07) is 3.20. The van der Waals surface area contributed by atoms with E-state index in [2.05, 4.69) is 9.97 Å². The molecule has 0 radical (unpaired) electrons. The Morgan fingerprint density at radius 2 is 2.25 bits per heavy atom. The lowest BCUT2D eigenvalue weighted by Crippen LogP contribution is -1.80. The van der Waals surface area contributed by atoms with Crippen LogP contribution in [-0.2, 0) is 0 Å². The summed E-state index contributed by atoms with van der Waals surface area (Å²) in [4.78, 5) is 7.16. The quantitative estimate of drug-likeness (QED) is 0.736. The van der Waals surface area contributed by atoms with Gasteiger partial charge in [0, 0.05) is 6.07 Å². The zero-order chi connectivity index (χ0) is 8.72. The maximum absolute atomic E-state index is 13.0. The van der Waals surface area contributed by atoms with E-state index in [1.54, 1.807) is 6.07 Å². The van der Waals surface area contributed by atoms with E-state index in [-0.39, 0.29) is 5.82 Å². The molecule has 0 atom stereocenters. The highest BCUT2D eigenvalue weighted by molar-refractivity contribution is 14.1. The van der Waals surface area contributed by atoms with Gasteiger partial charge < -0.3 is 4.98 Å². The van der Waals surface area contributed by atoms with Gasteiger partial charge in [0.1, 0.15) is 11.6 Å². The number of rotatable bonds is 0. The molecule has 1 aromatic carbocycles. The van der Waals surface area contributed by atoms with Gasteiger partial charge in [-0.3, -0.25) is 0 Å². The summed E-state index contributed by atoms with van der Waals surface area (Å²) < 4.78 is 13.6. The molecule has 0 unspecified atom stereocenters. The number of hydrogen-bond acceptors (Lipinski definition) is 1. The van der Waals surface area contributed by atoms with Gasteiger partial charge in [0.2, 0.25) is 0 Å². The largest absolute Gasteiger partial charge is 0.342 e. The van der Waals surface area contributed by atoms with Crippen LogP contribution in [0.25, 0.3) is 11.0 Å². The molecule has 4 heteroatoms. The third-order valence-corrected chi connectivity index (χ3v) is 2.47. The van der Waals surface area contributed by atoms with Gasteiger partial charge >= 0.3 is 0 Å². The topological polar surface area (TPSA) is 28.7 Å².